The Balaban J connectivity index is 1.66. The van der Waals surface area contributed by atoms with Gasteiger partial charge in [0.2, 0.25) is 12.8 Å². The lowest BCUT2D eigenvalue weighted by atomic mass is 10.2. The van der Waals surface area contributed by atoms with Crippen molar-refractivity contribution in [3.63, 3.8) is 0 Å². The minimum absolute atomic E-state index is 0.103. The molecule has 0 radical (unpaired) electrons. The van der Waals surface area contributed by atoms with E-state index >= 15 is 0 Å². The first-order valence-corrected chi connectivity index (χ1v) is 8.10. The van der Waals surface area contributed by atoms with E-state index in [1.54, 1.807) is 20.9 Å². The average Bonchev–Trinajstić information content (AvgIpc) is 2.67. The van der Waals surface area contributed by atoms with Gasteiger partial charge < -0.3 is 19.6 Å². The van der Waals surface area contributed by atoms with E-state index in [2.05, 4.69) is 9.88 Å². The summed E-state index contributed by atoms with van der Waals surface area (Å²) in [5.74, 6) is -0.103. The average molecular weight is 331 g/mol. The molecule has 2 fully saturated rings. The van der Waals surface area contributed by atoms with Crippen LogP contribution in [-0.2, 0) is 9.59 Å². The molecule has 0 aromatic carbocycles. The monoisotopic (exact) mass is 331 g/mol. The Hall–Kier alpha value is -2.64. The van der Waals surface area contributed by atoms with Gasteiger partial charge >= 0.3 is 0 Å². The van der Waals surface area contributed by atoms with Crippen LogP contribution in [0.3, 0.4) is 0 Å². The van der Waals surface area contributed by atoms with E-state index in [4.69, 9.17) is 0 Å². The second-order valence-corrected chi connectivity index (χ2v) is 5.96. The number of carbonyl (C=O) groups is 3. The van der Waals surface area contributed by atoms with Crippen molar-refractivity contribution in [1.82, 2.24) is 19.7 Å². The van der Waals surface area contributed by atoms with Crippen LogP contribution in [-0.4, -0.2) is 90.8 Å². The summed E-state index contributed by atoms with van der Waals surface area (Å²) < 4.78 is 0. The zero-order valence-corrected chi connectivity index (χ0v) is 13.5. The van der Waals surface area contributed by atoms with E-state index in [1.807, 2.05) is 12.1 Å². The Morgan fingerprint density at radius 2 is 1.50 bits per heavy atom. The molecule has 1 aromatic rings. The first kappa shape index (κ1) is 16.2. The first-order chi connectivity index (χ1) is 11.7. The molecule has 2 aliphatic rings. The predicted molar refractivity (Wildman–Crippen MR) is 87.6 cm³/mol. The molecule has 2 saturated heterocycles. The highest BCUT2D eigenvalue weighted by Crippen LogP contribution is 2.18. The molecule has 0 atom stereocenters. The van der Waals surface area contributed by atoms with E-state index in [9.17, 15) is 14.4 Å². The third-order valence-corrected chi connectivity index (χ3v) is 4.54. The maximum Gasteiger partial charge on any atom is 0.272 e. The van der Waals surface area contributed by atoms with Gasteiger partial charge in [-0.3, -0.25) is 19.4 Å². The van der Waals surface area contributed by atoms with Crippen molar-refractivity contribution in [2.24, 2.45) is 0 Å². The number of hydrogen-bond acceptors (Lipinski definition) is 5. The smallest absolute Gasteiger partial charge is 0.272 e. The molecule has 0 N–H and O–H groups in total. The topological polar surface area (TPSA) is 77.1 Å². The van der Waals surface area contributed by atoms with Gasteiger partial charge in [-0.15, -0.1) is 0 Å². The van der Waals surface area contributed by atoms with Gasteiger partial charge in [0.05, 0.1) is 0 Å². The first-order valence-electron chi connectivity index (χ1n) is 8.10. The molecule has 0 unspecified atom stereocenters. The Morgan fingerprint density at radius 1 is 0.917 bits per heavy atom. The van der Waals surface area contributed by atoms with Gasteiger partial charge in [0.1, 0.15) is 5.69 Å². The molecule has 128 valence electrons. The quantitative estimate of drug-likeness (QED) is 0.680. The normalized spacial score (nSPS) is 18.5. The highest BCUT2D eigenvalue weighted by molar-refractivity contribution is 5.93. The summed E-state index contributed by atoms with van der Waals surface area (Å²) in [6, 6.07) is 3.70. The SMILES string of the molecule is O=CN1CCN(C(=O)c2cc(N3CCN(C=O)CC3)ccn2)CC1. The summed E-state index contributed by atoms with van der Waals surface area (Å²) in [5, 5.41) is 0. The summed E-state index contributed by atoms with van der Waals surface area (Å²) in [4.78, 5) is 45.7. The zero-order chi connectivity index (χ0) is 16.9. The van der Waals surface area contributed by atoms with Crippen LogP contribution in [0.15, 0.2) is 18.3 Å². The molecule has 1 aromatic heterocycles. The fraction of sp³-hybridized carbons (Fsp3) is 0.500. The lowest BCUT2D eigenvalue weighted by molar-refractivity contribution is -0.119. The number of carbonyl (C=O) groups excluding carboxylic acids is 3. The highest BCUT2D eigenvalue weighted by atomic mass is 16.2. The second-order valence-electron chi connectivity index (χ2n) is 5.96. The number of piperazine rings is 2. The molecule has 8 heteroatoms. The molecule has 3 heterocycles. The van der Waals surface area contributed by atoms with E-state index in [-0.39, 0.29) is 5.91 Å². The highest BCUT2D eigenvalue weighted by Gasteiger charge is 2.23. The molecule has 3 amide bonds. The van der Waals surface area contributed by atoms with Crippen molar-refractivity contribution in [1.29, 1.82) is 0 Å². The van der Waals surface area contributed by atoms with Crippen LogP contribution in [0.2, 0.25) is 0 Å². The van der Waals surface area contributed by atoms with Crippen LogP contribution in [0.5, 0.6) is 0 Å². The van der Waals surface area contributed by atoms with Crippen LogP contribution in [0.25, 0.3) is 0 Å². The van der Waals surface area contributed by atoms with Gasteiger partial charge in [0.15, 0.2) is 0 Å². The number of nitrogens with zero attached hydrogens (tertiary/aromatic N) is 5. The van der Waals surface area contributed by atoms with Gasteiger partial charge in [0, 0.05) is 64.2 Å². The van der Waals surface area contributed by atoms with Crippen LogP contribution >= 0.6 is 0 Å². The lowest BCUT2D eigenvalue weighted by Crippen LogP contribution is -2.48. The van der Waals surface area contributed by atoms with E-state index in [1.165, 1.54) is 0 Å². The van der Waals surface area contributed by atoms with Crippen molar-refractivity contribution in [3.8, 4) is 0 Å². The van der Waals surface area contributed by atoms with E-state index < -0.39 is 0 Å². The molecule has 24 heavy (non-hydrogen) atoms. The van der Waals surface area contributed by atoms with Crippen LogP contribution < -0.4 is 4.90 Å². The molecule has 2 aliphatic heterocycles. The molecule has 0 spiro atoms. The maximum atomic E-state index is 12.6. The molecule has 0 aliphatic carbocycles. The molecule has 0 bridgehead atoms. The minimum Gasteiger partial charge on any atom is -0.368 e. The van der Waals surface area contributed by atoms with Crippen LogP contribution in [0.1, 0.15) is 10.5 Å². The molecular weight excluding hydrogens is 310 g/mol. The van der Waals surface area contributed by atoms with Crippen molar-refractivity contribution in [2.45, 2.75) is 0 Å². The number of hydrogen-bond donors (Lipinski definition) is 0. The number of amides is 3. The Kier molecular flexibility index (Phi) is 4.93. The third kappa shape index (κ3) is 3.47. The number of aromatic nitrogens is 1. The molecular formula is C16H21N5O3. The van der Waals surface area contributed by atoms with Crippen LogP contribution in [0.4, 0.5) is 5.69 Å². The maximum absolute atomic E-state index is 12.6. The Bertz CT molecular complexity index is 607. The van der Waals surface area contributed by atoms with Crippen LogP contribution in [0, 0.1) is 0 Å². The summed E-state index contributed by atoms with van der Waals surface area (Å²) >= 11 is 0. The third-order valence-electron chi connectivity index (χ3n) is 4.54. The van der Waals surface area contributed by atoms with Gasteiger partial charge in [-0.25, -0.2) is 0 Å². The van der Waals surface area contributed by atoms with Gasteiger partial charge in [-0.1, -0.05) is 0 Å². The molecule has 8 nitrogen and oxygen atoms in total. The number of rotatable bonds is 4. The summed E-state index contributed by atoms with van der Waals surface area (Å²) in [7, 11) is 0. The Labute approximate surface area is 140 Å². The fourth-order valence-corrected chi connectivity index (χ4v) is 3.01. The van der Waals surface area contributed by atoms with Gasteiger partial charge in [-0.05, 0) is 12.1 Å². The predicted octanol–water partition coefficient (Wildman–Crippen LogP) is -0.726. The standard InChI is InChI=1S/C16H21N5O3/c22-12-18-3-7-20(8-4-18)14-1-2-17-15(11-14)16(24)21-9-5-19(13-23)6-10-21/h1-2,11-13H,3-10H2. The summed E-state index contributed by atoms with van der Waals surface area (Å²) in [6.45, 7) is 5.03. The van der Waals surface area contributed by atoms with Crippen molar-refractivity contribution < 1.29 is 14.4 Å². The summed E-state index contributed by atoms with van der Waals surface area (Å²) in [6.07, 6.45) is 3.34. The molecule has 0 saturated carbocycles. The minimum atomic E-state index is -0.103. The second kappa shape index (κ2) is 7.29. The van der Waals surface area contributed by atoms with E-state index in [0.717, 1.165) is 31.6 Å². The summed E-state index contributed by atoms with van der Waals surface area (Å²) in [5.41, 5.74) is 1.37. The van der Waals surface area contributed by atoms with Crippen molar-refractivity contribution in [3.05, 3.63) is 24.0 Å². The Morgan fingerprint density at radius 3 is 2.08 bits per heavy atom. The zero-order valence-electron chi connectivity index (χ0n) is 13.5. The van der Waals surface area contributed by atoms with E-state index in [0.29, 0.717) is 45.0 Å². The van der Waals surface area contributed by atoms with Gasteiger partial charge in [0.25, 0.3) is 5.91 Å². The number of anilines is 1. The number of pyridine rings is 1. The van der Waals surface area contributed by atoms with Gasteiger partial charge in [-0.2, -0.15) is 0 Å². The lowest BCUT2D eigenvalue weighted by Gasteiger charge is -2.34. The molecule has 3 rings (SSSR count). The fourth-order valence-electron chi connectivity index (χ4n) is 3.01. The van der Waals surface area contributed by atoms with Crippen molar-refractivity contribution >= 4 is 24.4 Å². The largest absolute Gasteiger partial charge is 0.368 e. The van der Waals surface area contributed by atoms with Crippen molar-refractivity contribution in [2.75, 3.05) is 57.3 Å².